The van der Waals surface area contributed by atoms with E-state index in [0.717, 1.165) is 34.5 Å². The molecular formula is C30H19Cl2F3N2O4S. The molecule has 6 nitrogen and oxygen atoms in total. The van der Waals surface area contributed by atoms with Crippen LogP contribution in [0.4, 0.5) is 23.7 Å². The molecule has 0 bridgehead atoms. The lowest BCUT2D eigenvalue weighted by atomic mass is 10.1. The molecule has 42 heavy (non-hydrogen) atoms. The number of amides is 3. The fraction of sp³-hybridized carbons (Fsp3) is 0.100. The van der Waals surface area contributed by atoms with Gasteiger partial charge in [0.05, 0.1) is 20.5 Å². The second kappa shape index (κ2) is 12.1. The van der Waals surface area contributed by atoms with Crippen LogP contribution in [-0.4, -0.2) is 28.5 Å². The van der Waals surface area contributed by atoms with E-state index < -0.39 is 35.3 Å². The van der Waals surface area contributed by atoms with Crippen molar-refractivity contribution >= 4 is 74.6 Å². The standard InChI is InChI=1S/C30H19Cl2F3N2O4S/c31-23-11-18(12-24(32)27(23)41-16-17-8-9-19-4-1-2-5-20(19)10-17)13-25-28(39)37(29(40)42-25)15-26(38)36-22-7-3-6-21(14-22)30(33,34)35/h1-14H,15-16H2,(H,36,38)/b25-13-. The summed E-state index contributed by atoms with van der Waals surface area (Å²) in [7, 11) is 0. The summed E-state index contributed by atoms with van der Waals surface area (Å²) in [5.74, 6) is -1.33. The molecule has 0 aliphatic carbocycles. The molecule has 1 saturated heterocycles. The molecule has 1 fully saturated rings. The highest BCUT2D eigenvalue weighted by Gasteiger charge is 2.36. The Balaban J connectivity index is 1.25. The minimum absolute atomic E-state index is 0.0174. The van der Waals surface area contributed by atoms with Gasteiger partial charge in [0.2, 0.25) is 5.91 Å². The number of nitrogens with zero attached hydrogens (tertiary/aromatic N) is 1. The Morgan fingerprint density at radius 3 is 2.36 bits per heavy atom. The molecule has 1 aliphatic rings. The third-order valence-electron chi connectivity index (χ3n) is 6.16. The minimum Gasteiger partial charge on any atom is -0.486 e. The number of fused-ring (bicyclic) bond motifs is 1. The van der Waals surface area contributed by atoms with Crippen molar-refractivity contribution in [1.82, 2.24) is 4.90 Å². The predicted molar refractivity (Wildman–Crippen MR) is 157 cm³/mol. The SMILES string of the molecule is O=C(CN1C(=O)S/C(=C\c2cc(Cl)c(OCc3ccc4ccccc4c3)c(Cl)c2)C1=O)Nc1cccc(C(F)(F)F)c1. The van der Waals surface area contributed by atoms with Gasteiger partial charge in [-0.25, -0.2) is 0 Å². The van der Waals surface area contributed by atoms with Gasteiger partial charge in [-0.3, -0.25) is 19.3 Å². The molecule has 0 aromatic heterocycles. The van der Waals surface area contributed by atoms with Crippen molar-refractivity contribution in [2.24, 2.45) is 0 Å². The van der Waals surface area contributed by atoms with Crippen molar-refractivity contribution in [2.45, 2.75) is 12.8 Å². The number of rotatable bonds is 7. The first kappa shape index (κ1) is 29.5. The maximum Gasteiger partial charge on any atom is 0.416 e. The van der Waals surface area contributed by atoms with Gasteiger partial charge >= 0.3 is 6.18 Å². The number of ether oxygens (including phenoxy) is 1. The fourth-order valence-corrected chi connectivity index (χ4v) is 5.64. The Kier molecular flexibility index (Phi) is 8.49. The zero-order chi connectivity index (χ0) is 30.0. The highest BCUT2D eigenvalue weighted by molar-refractivity contribution is 8.18. The van der Waals surface area contributed by atoms with E-state index in [1.807, 2.05) is 42.5 Å². The second-order valence-electron chi connectivity index (χ2n) is 9.18. The average Bonchev–Trinajstić information content (AvgIpc) is 3.19. The van der Waals surface area contributed by atoms with E-state index in [1.165, 1.54) is 24.3 Å². The largest absolute Gasteiger partial charge is 0.486 e. The minimum atomic E-state index is -4.59. The molecule has 0 radical (unpaired) electrons. The number of thioether (sulfide) groups is 1. The maximum absolute atomic E-state index is 12.9. The van der Waals surface area contributed by atoms with E-state index in [4.69, 9.17) is 27.9 Å². The summed E-state index contributed by atoms with van der Waals surface area (Å²) >= 11 is 13.5. The fourth-order valence-electron chi connectivity index (χ4n) is 4.19. The van der Waals surface area contributed by atoms with Crippen LogP contribution in [0.15, 0.2) is 83.8 Å². The van der Waals surface area contributed by atoms with Gasteiger partial charge in [-0.15, -0.1) is 0 Å². The molecule has 214 valence electrons. The molecule has 12 heteroatoms. The van der Waals surface area contributed by atoms with Gasteiger partial charge in [-0.1, -0.05) is 65.7 Å². The summed E-state index contributed by atoms with van der Waals surface area (Å²) in [6.45, 7) is -0.466. The number of carbonyl (C=O) groups excluding carboxylic acids is 3. The Hall–Kier alpha value is -3.99. The van der Waals surface area contributed by atoms with Gasteiger partial charge in [0, 0.05) is 5.69 Å². The number of benzene rings is 4. The van der Waals surface area contributed by atoms with Crippen molar-refractivity contribution in [3.63, 3.8) is 0 Å². The van der Waals surface area contributed by atoms with E-state index in [2.05, 4.69) is 5.32 Å². The predicted octanol–water partition coefficient (Wildman–Crippen LogP) is 8.42. The third kappa shape index (κ3) is 6.73. The molecule has 0 atom stereocenters. The molecule has 0 unspecified atom stereocenters. The Morgan fingerprint density at radius 2 is 1.64 bits per heavy atom. The van der Waals surface area contributed by atoms with Crippen LogP contribution in [0.1, 0.15) is 16.7 Å². The van der Waals surface area contributed by atoms with Crippen molar-refractivity contribution < 1.29 is 32.3 Å². The van der Waals surface area contributed by atoms with E-state index in [9.17, 15) is 27.6 Å². The van der Waals surface area contributed by atoms with Crippen LogP contribution in [0.2, 0.25) is 10.0 Å². The van der Waals surface area contributed by atoms with Crippen molar-refractivity contribution in [3.05, 3.63) is 111 Å². The maximum atomic E-state index is 12.9. The number of imide groups is 1. The van der Waals surface area contributed by atoms with E-state index in [1.54, 1.807) is 0 Å². The highest BCUT2D eigenvalue weighted by Crippen LogP contribution is 2.38. The Bertz CT molecular complexity index is 1740. The number of alkyl halides is 3. The van der Waals surface area contributed by atoms with Gasteiger partial charge in [0.15, 0.2) is 5.75 Å². The lowest BCUT2D eigenvalue weighted by Gasteiger charge is -2.13. The smallest absolute Gasteiger partial charge is 0.416 e. The van der Waals surface area contributed by atoms with Crippen LogP contribution in [0.25, 0.3) is 16.8 Å². The van der Waals surface area contributed by atoms with Gasteiger partial charge in [-0.05, 0) is 76.1 Å². The van der Waals surface area contributed by atoms with Crippen LogP contribution in [0.5, 0.6) is 5.75 Å². The van der Waals surface area contributed by atoms with Crippen LogP contribution in [0, 0.1) is 0 Å². The third-order valence-corrected chi connectivity index (χ3v) is 7.63. The molecule has 4 aromatic carbocycles. The highest BCUT2D eigenvalue weighted by atomic mass is 35.5. The summed E-state index contributed by atoms with van der Waals surface area (Å²) in [5, 5.41) is 4.11. The van der Waals surface area contributed by atoms with Crippen LogP contribution in [0.3, 0.4) is 0 Å². The second-order valence-corrected chi connectivity index (χ2v) is 11.0. The zero-order valence-electron chi connectivity index (χ0n) is 21.4. The van der Waals surface area contributed by atoms with Crippen LogP contribution < -0.4 is 10.1 Å². The number of hydrogen-bond acceptors (Lipinski definition) is 5. The van der Waals surface area contributed by atoms with Crippen LogP contribution in [-0.2, 0) is 22.4 Å². The molecule has 1 N–H and O–H groups in total. The molecule has 0 spiro atoms. The molecule has 4 aromatic rings. The molecule has 0 saturated carbocycles. The number of hydrogen-bond donors (Lipinski definition) is 1. The summed E-state index contributed by atoms with van der Waals surface area (Å²) in [6, 6.07) is 20.9. The summed E-state index contributed by atoms with van der Waals surface area (Å²) in [6.07, 6.45) is -3.19. The molecule has 1 heterocycles. The summed E-state index contributed by atoms with van der Waals surface area (Å²) in [4.78, 5) is 38.5. The Labute approximate surface area is 252 Å². The number of halogens is 5. The topological polar surface area (TPSA) is 75.7 Å². The zero-order valence-corrected chi connectivity index (χ0v) is 23.7. The number of carbonyl (C=O) groups is 3. The number of anilines is 1. The molecule has 1 aliphatic heterocycles. The first-order valence-corrected chi connectivity index (χ1v) is 13.9. The molecular weight excluding hydrogens is 612 g/mol. The summed E-state index contributed by atoms with van der Waals surface area (Å²) < 4.78 is 44.7. The summed E-state index contributed by atoms with van der Waals surface area (Å²) in [5.41, 5.74) is 0.263. The van der Waals surface area contributed by atoms with Crippen molar-refractivity contribution in [2.75, 3.05) is 11.9 Å². The lowest BCUT2D eigenvalue weighted by Crippen LogP contribution is -2.36. The van der Waals surface area contributed by atoms with Gasteiger partial charge in [0.1, 0.15) is 13.2 Å². The molecule has 3 amide bonds. The van der Waals surface area contributed by atoms with E-state index >= 15 is 0 Å². The van der Waals surface area contributed by atoms with E-state index in [0.29, 0.717) is 22.2 Å². The normalized spacial score (nSPS) is 14.6. The first-order chi connectivity index (χ1) is 20.0. The van der Waals surface area contributed by atoms with Gasteiger partial charge < -0.3 is 10.1 Å². The van der Waals surface area contributed by atoms with Gasteiger partial charge in [0.25, 0.3) is 11.1 Å². The van der Waals surface area contributed by atoms with Crippen molar-refractivity contribution in [1.29, 1.82) is 0 Å². The lowest BCUT2D eigenvalue weighted by molar-refractivity contribution is -0.137. The molecule has 5 rings (SSSR count). The average molecular weight is 631 g/mol. The first-order valence-electron chi connectivity index (χ1n) is 12.3. The quantitative estimate of drug-likeness (QED) is 0.207. The van der Waals surface area contributed by atoms with Crippen LogP contribution >= 0.6 is 35.0 Å². The van der Waals surface area contributed by atoms with Gasteiger partial charge in [-0.2, -0.15) is 13.2 Å². The Morgan fingerprint density at radius 1 is 0.929 bits per heavy atom. The van der Waals surface area contributed by atoms with E-state index in [-0.39, 0.29) is 33.0 Å². The monoisotopic (exact) mass is 630 g/mol. The number of nitrogens with one attached hydrogen (secondary N) is 1. The van der Waals surface area contributed by atoms with Crippen molar-refractivity contribution in [3.8, 4) is 5.75 Å².